The molecule has 282 valence electrons. The lowest BCUT2D eigenvalue weighted by Gasteiger charge is -2.15. The van der Waals surface area contributed by atoms with Crippen molar-refractivity contribution in [1.29, 1.82) is 0 Å². The van der Waals surface area contributed by atoms with Crippen molar-refractivity contribution in [2.45, 2.75) is 0 Å². The fraction of sp³-hybridized carbons (Fsp3) is 0.162. The molecule has 0 fully saturated rings. The lowest BCUT2D eigenvalue weighted by molar-refractivity contribution is -0.120. The number of rotatable bonds is 13. The van der Waals surface area contributed by atoms with E-state index in [-0.39, 0.29) is 52.1 Å². The zero-order chi connectivity index (χ0) is 39.7. The van der Waals surface area contributed by atoms with Gasteiger partial charge < -0.3 is 50.0 Å². The lowest BCUT2D eigenvalue weighted by atomic mass is 9.97. The number of aromatic carboxylic acids is 1. The van der Waals surface area contributed by atoms with Crippen LogP contribution >= 0.6 is 15.9 Å². The summed E-state index contributed by atoms with van der Waals surface area (Å²) in [5.41, 5.74) is 12.4. The second kappa shape index (κ2) is 17.7. The number of nitrogens with one attached hydrogen (secondary N) is 1. The number of benzene rings is 4. The van der Waals surface area contributed by atoms with E-state index < -0.39 is 42.1 Å². The van der Waals surface area contributed by atoms with Crippen molar-refractivity contribution in [3.63, 3.8) is 0 Å². The highest BCUT2D eigenvalue weighted by molar-refractivity contribution is 9.10. The van der Waals surface area contributed by atoms with E-state index in [1.54, 1.807) is 18.2 Å². The molecule has 4 aromatic carbocycles. The normalized spacial score (nSPS) is 10.4. The minimum absolute atomic E-state index is 0.0435. The molecule has 5 rings (SSSR count). The van der Waals surface area contributed by atoms with Gasteiger partial charge in [-0.05, 0) is 60.2 Å². The van der Waals surface area contributed by atoms with Crippen LogP contribution in [0.3, 0.4) is 0 Å². The number of carboxylic acids is 1. The summed E-state index contributed by atoms with van der Waals surface area (Å²) in [5, 5.41) is 12.0. The molecule has 1 heterocycles. The number of hydrogen-bond donors (Lipinski definition) is 4. The van der Waals surface area contributed by atoms with Crippen LogP contribution in [-0.2, 0) is 14.3 Å². The van der Waals surface area contributed by atoms with E-state index in [1.165, 1.54) is 76.9 Å². The summed E-state index contributed by atoms with van der Waals surface area (Å²) in [6.07, 6.45) is 0. The van der Waals surface area contributed by atoms with Gasteiger partial charge in [0.2, 0.25) is 0 Å². The zero-order valence-corrected chi connectivity index (χ0v) is 30.7. The lowest BCUT2D eigenvalue weighted by Crippen LogP contribution is -2.20. The van der Waals surface area contributed by atoms with Crippen LogP contribution in [0.2, 0.25) is 0 Å². The number of carbonyl (C=O) groups is 5. The van der Waals surface area contributed by atoms with Gasteiger partial charge in [0.25, 0.3) is 17.7 Å². The molecule has 0 atom stereocenters. The number of nitrogens with two attached hydrogens (primary N) is 2. The number of amides is 3. The summed E-state index contributed by atoms with van der Waals surface area (Å²) in [5.74, 6) is -3.17. The number of carbonyl (C=O) groups excluding carboxylic acids is 4. The van der Waals surface area contributed by atoms with Gasteiger partial charge in [-0.1, -0.05) is 22.0 Å². The van der Waals surface area contributed by atoms with Crippen molar-refractivity contribution in [3.05, 3.63) is 93.7 Å². The Balaban J connectivity index is 0.000000321. The Hall–Kier alpha value is -6.62. The van der Waals surface area contributed by atoms with E-state index in [9.17, 15) is 28.4 Å². The molecule has 6 N–H and O–H groups in total. The second-order valence-electron chi connectivity index (χ2n) is 10.9. The Bertz CT molecular complexity index is 2240. The number of fused-ring (bicyclic) bond motifs is 1. The highest BCUT2D eigenvalue weighted by Crippen LogP contribution is 2.41. The predicted molar refractivity (Wildman–Crippen MR) is 195 cm³/mol. The first-order valence-electron chi connectivity index (χ1n) is 15.5. The molecule has 1 aromatic heterocycles. The van der Waals surface area contributed by atoms with E-state index >= 15 is 0 Å². The van der Waals surface area contributed by atoms with Crippen molar-refractivity contribution in [2.75, 3.05) is 41.6 Å². The van der Waals surface area contributed by atoms with Gasteiger partial charge in [0, 0.05) is 34.1 Å². The molecule has 0 saturated carbocycles. The maximum absolute atomic E-state index is 13.5. The summed E-state index contributed by atoms with van der Waals surface area (Å²) in [6.45, 7) is -0.772. The Morgan fingerprint density at radius 1 is 0.796 bits per heavy atom. The number of esters is 1. The maximum Gasteiger partial charge on any atom is 0.341 e. The third-order valence-corrected chi connectivity index (χ3v) is 7.92. The molecule has 0 saturated heterocycles. The van der Waals surface area contributed by atoms with Gasteiger partial charge in [-0.15, -0.1) is 0 Å². The van der Waals surface area contributed by atoms with E-state index in [0.717, 1.165) is 0 Å². The predicted octanol–water partition coefficient (Wildman–Crippen LogP) is 4.94. The van der Waals surface area contributed by atoms with E-state index in [0.29, 0.717) is 32.1 Å². The first kappa shape index (κ1) is 40.2. The summed E-state index contributed by atoms with van der Waals surface area (Å²) < 4.78 is 45.8. The Kier molecular flexibility index (Phi) is 13.2. The molecule has 0 aliphatic carbocycles. The molecular weight excluding hydrogens is 777 g/mol. The average Bonchev–Trinajstić information content (AvgIpc) is 3.54. The minimum atomic E-state index is -1.16. The zero-order valence-electron chi connectivity index (χ0n) is 29.1. The first-order valence-corrected chi connectivity index (χ1v) is 16.3. The summed E-state index contributed by atoms with van der Waals surface area (Å²) >= 11 is 3.14. The fourth-order valence-electron chi connectivity index (χ4n) is 5.11. The van der Waals surface area contributed by atoms with Crippen LogP contribution in [-0.4, -0.2) is 76.4 Å². The maximum atomic E-state index is 13.5. The number of furan rings is 1. The Labute approximate surface area is 315 Å². The van der Waals surface area contributed by atoms with Gasteiger partial charge in [0.15, 0.2) is 24.7 Å². The van der Waals surface area contributed by atoms with Gasteiger partial charge >= 0.3 is 11.9 Å². The van der Waals surface area contributed by atoms with Crippen LogP contribution < -0.4 is 35.7 Å². The van der Waals surface area contributed by atoms with Gasteiger partial charge in [-0.3, -0.25) is 14.4 Å². The molecular formula is C37H33BrFN3O12. The van der Waals surface area contributed by atoms with Crippen LogP contribution in [0, 0.1) is 5.82 Å². The molecule has 17 heteroatoms. The van der Waals surface area contributed by atoms with Gasteiger partial charge in [-0.2, -0.15) is 0 Å². The standard InChI is InChI=1S/C27H23FN2O7.C10H10BrNO5/c1-30-26(32)24-18-10-15(6-9-20(18)37-25(24)14-4-7-16(28)8-5-14)17-11-19(27(33)35-3)21(34-2)12-22(17)36-13-23(29)31;1-16-9-6(10(14)15)2-5(11)3-7(9)17-4-8(12)13/h4-12H,13H2,1-3H3,(H2,29,31)(H,30,32);2-3H,4H2,1H3,(H2,12,13)(H,14,15). The molecule has 0 unspecified atom stereocenters. The topological polar surface area (TPSA) is 229 Å². The number of hydrogen-bond acceptors (Lipinski definition) is 11. The third-order valence-electron chi connectivity index (χ3n) is 7.46. The molecule has 3 amide bonds. The van der Waals surface area contributed by atoms with Crippen molar-refractivity contribution in [1.82, 2.24) is 5.32 Å². The van der Waals surface area contributed by atoms with Crippen LogP contribution in [0.15, 0.2) is 75.6 Å². The Morgan fingerprint density at radius 2 is 1.43 bits per heavy atom. The molecule has 54 heavy (non-hydrogen) atoms. The summed E-state index contributed by atoms with van der Waals surface area (Å²) in [4.78, 5) is 58.3. The van der Waals surface area contributed by atoms with Crippen LogP contribution in [0.4, 0.5) is 4.39 Å². The summed E-state index contributed by atoms with van der Waals surface area (Å²) in [6, 6.07) is 16.5. The van der Waals surface area contributed by atoms with E-state index in [1.807, 2.05) is 0 Å². The highest BCUT2D eigenvalue weighted by Gasteiger charge is 2.24. The SMILES string of the molecule is CNC(=O)c1c(-c2ccc(F)cc2)oc2ccc(-c3cc(C(=O)OC)c(OC)cc3OCC(N)=O)cc12.COc1c(OCC(N)=O)cc(Br)cc1C(=O)O. The van der Waals surface area contributed by atoms with Crippen LogP contribution in [0.25, 0.3) is 33.4 Å². The number of ether oxygens (including phenoxy) is 5. The first-order chi connectivity index (χ1) is 25.7. The highest BCUT2D eigenvalue weighted by atomic mass is 79.9. The van der Waals surface area contributed by atoms with Gasteiger partial charge in [0.1, 0.15) is 39.8 Å². The van der Waals surface area contributed by atoms with Gasteiger partial charge in [0.05, 0.1) is 26.9 Å². The van der Waals surface area contributed by atoms with Crippen molar-refractivity contribution in [2.24, 2.45) is 11.5 Å². The molecule has 0 aliphatic rings. The van der Waals surface area contributed by atoms with Crippen molar-refractivity contribution >= 4 is 56.6 Å². The number of primary amides is 2. The van der Waals surface area contributed by atoms with E-state index in [2.05, 4.69) is 21.2 Å². The third kappa shape index (κ3) is 9.23. The van der Waals surface area contributed by atoms with Crippen molar-refractivity contribution in [3.8, 4) is 45.4 Å². The largest absolute Gasteiger partial charge is 0.496 e. The molecule has 0 bridgehead atoms. The fourth-order valence-corrected chi connectivity index (χ4v) is 5.54. The van der Waals surface area contributed by atoms with E-state index in [4.69, 9.17) is 44.7 Å². The second-order valence-corrected chi connectivity index (χ2v) is 11.9. The number of carboxylic acid groups (broad SMARTS) is 1. The average molecular weight is 811 g/mol. The van der Waals surface area contributed by atoms with Crippen molar-refractivity contribution < 1.29 is 61.6 Å². The monoisotopic (exact) mass is 809 g/mol. The molecule has 0 radical (unpaired) electrons. The smallest absolute Gasteiger partial charge is 0.341 e. The molecule has 0 aliphatic heterocycles. The quantitative estimate of drug-likeness (QED) is 0.116. The minimum Gasteiger partial charge on any atom is -0.496 e. The summed E-state index contributed by atoms with van der Waals surface area (Å²) in [7, 11) is 5.42. The molecule has 0 spiro atoms. The molecule has 15 nitrogen and oxygen atoms in total. The number of halogens is 2. The Morgan fingerprint density at radius 3 is 1.98 bits per heavy atom. The number of methoxy groups -OCH3 is 3. The van der Waals surface area contributed by atoms with Crippen LogP contribution in [0.1, 0.15) is 31.1 Å². The van der Waals surface area contributed by atoms with Gasteiger partial charge in [-0.25, -0.2) is 14.0 Å². The molecule has 5 aromatic rings. The van der Waals surface area contributed by atoms with Crippen LogP contribution in [0.5, 0.6) is 23.0 Å².